The zero-order valence-electron chi connectivity index (χ0n) is 30.6. The van der Waals surface area contributed by atoms with Crippen LogP contribution in [0.5, 0.6) is 0 Å². The summed E-state index contributed by atoms with van der Waals surface area (Å²) in [6.07, 6.45) is 60.1. The summed E-state index contributed by atoms with van der Waals surface area (Å²) in [5.41, 5.74) is 0. The molecular weight excluding hydrogens is 585 g/mol. The molecular formula is C46H70O2. The van der Waals surface area contributed by atoms with Crippen LogP contribution in [0.3, 0.4) is 0 Å². The molecule has 0 radical (unpaired) electrons. The van der Waals surface area contributed by atoms with Crippen LogP contribution in [0.2, 0.25) is 0 Å². The molecule has 0 aliphatic carbocycles. The van der Waals surface area contributed by atoms with Crippen LogP contribution in [0.15, 0.2) is 48.6 Å². The van der Waals surface area contributed by atoms with Crippen molar-refractivity contribution in [2.45, 2.75) is 192 Å². The molecule has 266 valence electrons. The fraction of sp³-hybridized carbons (Fsp3) is 0.652. The molecule has 2 N–H and O–H groups in total. The molecule has 0 saturated carbocycles. The zero-order valence-corrected chi connectivity index (χ0v) is 30.6. The predicted octanol–water partition coefficient (Wildman–Crippen LogP) is 12.1. The molecule has 2 atom stereocenters. The van der Waals surface area contributed by atoms with Crippen molar-refractivity contribution in [1.82, 2.24) is 0 Å². The maximum atomic E-state index is 9.88. The first-order valence-electron chi connectivity index (χ1n) is 19.6. The Morgan fingerprint density at radius 2 is 0.854 bits per heavy atom. The van der Waals surface area contributed by atoms with Gasteiger partial charge in [0, 0.05) is 12.8 Å². The van der Waals surface area contributed by atoms with Crippen molar-refractivity contribution >= 4 is 0 Å². The van der Waals surface area contributed by atoms with E-state index in [0.717, 1.165) is 64.2 Å². The molecule has 0 spiro atoms. The molecule has 0 amide bonds. The zero-order chi connectivity index (χ0) is 34.9. The van der Waals surface area contributed by atoms with E-state index >= 15 is 0 Å². The van der Waals surface area contributed by atoms with Gasteiger partial charge < -0.3 is 10.2 Å². The van der Waals surface area contributed by atoms with Gasteiger partial charge in [-0.1, -0.05) is 156 Å². The number of aliphatic hydroxyl groups is 2. The highest BCUT2D eigenvalue weighted by atomic mass is 16.3. The molecule has 0 fully saturated rings. The average molecular weight is 655 g/mol. The largest absolute Gasteiger partial charge is 0.377 e. The summed E-state index contributed by atoms with van der Waals surface area (Å²) in [4.78, 5) is 0. The van der Waals surface area contributed by atoms with Crippen molar-refractivity contribution in [3.8, 4) is 48.4 Å². The third-order valence-corrected chi connectivity index (χ3v) is 8.34. The monoisotopic (exact) mass is 655 g/mol. The Morgan fingerprint density at radius 3 is 1.38 bits per heavy atom. The SMILES string of the molecule is C#CCCCCCCCCCCCCCCCCC=CCCCCC=CCC/C=C/C#C[C@@H](O)C#CCCCCCC/C=C/[C@H](O)C#C. The molecule has 0 aliphatic heterocycles. The van der Waals surface area contributed by atoms with Crippen molar-refractivity contribution in [3.05, 3.63) is 48.6 Å². The van der Waals surface area contributed by atoms with Crippen LogP contribution >= 0.6 is 0 Å². The van der Waals surface area contributed by atoms with Crippen molar-refractivity contribution in [2.24, 2.45) is 0 Å². The number of terminal acetylenes is 2. The number of allylic oxidation sites excluding steroid dienone is 7. The Labute approximate surface area is 298 Å². The standard InChI is InChI=1S/C46H70O2/c1-3-5-6-7-8-9-10-11-12-13-14-15-16-17-18-19-20-21-22-23-24-25-26-27-28-29-30-34-37-40-43-46(48)44-41-38-35-32-31-33-36-39-42-45(47)4-2/h1-2,21-22,27-28,34,37,39,42,45-48H,5-20,23-26,29-33,35-36,38H2/b22-21?,28-27?,37-34+,42-39+/t45-,46-/m1/s1. The minimum atomic E-state index is -0.882. The summed E-state index contributed by atoms with van der Waals surface area (Å²) < 4.78 is 0. The lowest BCUT2D eigenvalue weighted by Gasteiger charge is -2.03. The highest BCUT2D eigenvalue weighted by Gasteiger charge is 1.95. The molecule has 0 aromatic carbocycles. The molecule has 0 saturated heterocycles. The first-order chi connectivity index (χ1) is 23.7. The lowest BCUT2D eigenvalue weighted by molar-refractivity contribution is 0.280. The van der Waals surface area contributed by atoms with Gasteiger partial charge in [0.1, 0.15) is 6.10 Å². The molecule has 0 aliphatic rings. The minimum absolute atomic E-state index is 0.772. The van der Waals surface area contributed by atoms with Crippen LogP contribution in [-0.2, 0) is 0 Å². The van der Waals surface area contributed by atoms with E-state index in [1.807, 2.05) is 12.2 Å². The van der Waals surface area contributed by atoms with Gasteiger partial charge in [-0.3, -0.25) is 0 Å². The quantitative estimate of drug-likeness (QED) is 0.0444. The van der Waals surface area contributed by atoms with E-state index in [9.17, 15) is 10.2 Å². The molecule has 0 heterocycles. The topological polar surface area (TPSA) is 40.5 Å². The molecule has 0 aromatic rings. The van der Waals surface area contributed by atoms with E-state index in [4.69, 9.17) is 12.8 Å². The predicted molar refractivity (Wildman–Crippen MR) is 211 cm³/mol. The van der Waals surface area contributed by atoms with E-state index < -0.39 is 12.2 Å². The van der Waals surface area contributed by atoms with Gasteiger partial charge in [0.05, 0.1) is 0 Å². The second-order valence-corrected chi connectivity index (χ2v) is 12.9. The summed E-state index contributed by atoms with van der Waals surface area (Å²) in [6, 6.07) is 0. The van der Waals surface area contributed by atoms with Crippen molar-refractivity contribution in [3.63, 3.8) is 0 Å². The smallest absolute Gasteiger partial charge is 0.176 e. The number of hydrogen-bond donors (Lipinski definition) is 2. The lowest BCUT2D eigenvalue weighted by Crippen LogP contribution is -1.97. The number of unbranched alkanes of at least 4 members (excludes halogenated alkanes) is 24. The average Bonchev–Trinajstić information content (AvgIpc) is 3.09. The van der Waals surface area contributed by atoms with Crippen LogP contribution < -0.4 is 0 Å². The van der Waals surface area contributed by atoms with Crippen LogP contribution in [-0.4, -0.2) is 22.4 Å². The first kappa shape index (κ1) is 45.1. The minimum Gasteiger partial charge on any atom is -0.377 e. The van der Waals surface area contributed by atoms with Gasteiger partial charge in [0.2, 0.25) is 0 Å². The molecule has 2 heteroatoms. The summed E-state index contributed by atoms with van der Waals surface area (Å²) in [7, 11) is 0. The summed E-state index contributed by atoms with van der Waals surface area (Å²) >= 11 is 0. The second-order valence-electron chi connectivity index (χ2n) is 12.9. The van der Waals surface area contributed by atoms with Crippen molar-refractivity contribution in [1.29, 1.82) is 0 Å². The fourth-order valence-electron chi connectivity index (χ4n) is 5.38. The van der Waals surface area contributed by atoms with E-state index in [-0.39, 0.29) is 0 Å². The van der Waals surface area contributed by atoms with Gasteiger partial charge in [0.25, 0.3) is 0 Å². The van der Waals surface area contributed by atoms with Crippen LogP contribution in [0.4, 0.5) is 0 Å². The van der Waals surface area contributed by atoms with Gasteiger partial charge in [0.15, 0.2) is 6.10 Å². The highest BCUT2D eigenvalue weighted by molar-refractivity contribution is 5.24. The maximum absolute atomic E-state index is 9.88. The Balaban J connectivity index is 3.46. The van der Waals surface area contributed by atoms with Gasteiger partial charge >= 0.3 is 0 Å². The van der Waals surface area contributed by atoms with Crippen LogP contribution in [0, 0.1) is 48.4 Å². The van der Waals surface area contributed by atoms with Gasteiger partial charge in [-0.25, -0.2) is 0 Å². The van der Waals surface area contributed by atoms with Crippen molar-refractivity contribution < 1.29 is 10.2 Å². The molecule has 2 nitrogen and oxygen atoms in total. The Morgan fingerprint density at radius 1 is 0.438 bits per heavy atom. The lowest BCUT2D eigenvalue weighted by atomic mass is 10.0. The summed E-state index contributed by atoms with van der Waals surface area (Å²) in [5.74, 6) is 16.5. The number of rotatable bonds is 31. The molecule has 48 heavy (non-hydrogen) atoms. The normalized spacial score (nSPS) is 12.6. The summed E-state index contributed by atoms with van der Waals surface area (Å²) in [5, 5.41) is 19.1. The molecule has 0 bridgehead atoms. The van der Waals surface area contributed by atoms with Gasteiger partial charge in [-0.2, -0.15) is 0 Å². The Hall–Kier alpha value is -2.88. The van der Waals surface area contributed by atoms with E-state index in [1.54, 1.807) is 6.08 Å². The first-order valence-corrected chi connectivity index (χ1v) is 19.6. The number of hydrogen-bond acceptors (Lipinski definition) is 2. The van der Waals surface area contributed by atoms with E-state index in [0.29, 0.717) is 0 Å². The van der Waals surface area contributed by atoms with Crippen molar-refractivity contribution in [2.75, 3.05) is 0 Å². The Kier molecular flexibility index (Phi) is 37.9. The molecule has 0 aromatic heterocycles. The third kappa shape index (κ3) is 39.3. The Bertz CT molecular complexity index is 1020. The maximum Gasteiger partial charge on any atom is 0.176 e. The van der Waals surface area contributed by atoms with Crippen LogP contribution in [0.1, 0.15) is 180 Å². The van der Waals surface area contributed by atoms with E-state index in [1.165, 1.54) is 116 Å². The van der Waals surface area contributed by atoms with E-state index in [2.05, 4.69) is 65.9 Å². The highest BCUT2D eigenvalue weighted by Crippen LogP contribution is 2.14. The van der Waals surface area contributed by atoms with Gasteiger partial charge in [-0.15, -0.1) is 18.8 Å². The van der Waals surface area contributed by atoms with Crippen LogP contribution in [0.25, 0.3) is 0 Å². The number of aliphatic hydroxyl groups excluding tert-OH is 2. The molecule has 0 rings (SSSR count). The van der Waals surface area contributed by atoms with Gasteiger partial charge in [-0.05, 0) is 89.2 Å². The third-order valence-electron chi connectivity index (χ3n) is 8.34. The summed E-state index contributed by atoms with van der Waals surface area (Å²) in [6.45, 7) is 0. The second kappa shape index (κ2) is 40.3. The fourth-order valence-corrected chi connectivity index (χ4v) is 5.38. The molecule has 0 unspecified atom stereocenters.